The van der Waals surface area contributed by atoms with E-state index in [0.717, 1.165) is 48.4 Å². The molecule has 2 aromatic rings. The average Bonchev–Trinajstić information content (AvgIpc) is 2.65. The van der Waals surface area contributed by atoms with Crippen molar-refractivity contribution in [1.82, 2.24) is 15.2 Å². The maximum Gasteiger partial charge on any atom is 0.266 e. The van der Waals surface area contributed by atoms with Gasteiger partial charge in [-0.3, -0.25) is 4.79 Å². The molecule has 0 atom stereocenters. The van der Waals surface area contributed by atoms with Gasteiger partial charge in [0.25, 0.3) is 5.91 Å². The molecule has 5 nitrogen and oxygen atoms in total. The van der Waals surface area contributed by atoms with Crippen molar-refractivity contribution in [2.75, 3.05) is 31.9 Å². The maximum atomic E-state index is 12.7. The highest BCUT2D eigenvalue weighted by Gasteiger charge is 2.23. The van der Waals surface area contributed by atoms with Crippen molar-refractivity contribution >= 4 is 33.1 Å². The number of fused-ring (bicyclic) bond motifs is 1. The summed E-state index contributed by atoms with van der Waals surface area (Å²) < 4.78 is 0. The number of thiophene rings is 1. The van der Waals surface area contributed by atoms with Crippen LogP contribution < -0.4 is 11.1 Å². The second-order valence-electron chi connectivity index (χ2n) is 5.05. The quantitative estimate of drug-likeness (QED) is 0.837. The molecule has 1 amide bonds. The highest BCUT2D eigenvalue weighted by Crippen LogP contribution is 2.35. The molecule has 1 aliphatic heterocycles. The first kappa shape index (κ1) is 13.3. The summed E-state index contributed by atoms with van der Waals surface area (Å²) in [5, 5.41) is 4.22. The van der Waals surface area contributed by atoms with Crippen LogP contribution in [-0.2, 0) is 0 Å². The Morgan fingerprint density at radius 2 is 2.30 bits per heavy atom. The molecule has 3 heterocycles. The summed E-state index contributed by atoms with van der Waals surface area (Å²) in [5.41, 5.74) is 7.84. The maximum absolute atomic E-state index is 12.7. The summed E-state index contributed by atoms with van der Waals surface area (Å²) in [5.74, 6) is 0.0357. The van der Waals surface area contributed by atoms with Gasteiger partial charge in [0.2, 0.25) is 0 Å². The second-order valence-corrected chi connectivity index (χ2v) is 6.05. The molecule has 0 spiro atoms. The van der Waals surface area contributed by atoms with Crippen LogP contribution in [-0.4, -0.2) is 42.0 Å². The summed E-state index contributed by atoms with van der Waals surface area (Å²) in [6, 6.07) is 1.93. The van der Waals surface area contributed by atoms with E-state index < -0.39 is 0 Å². The molecule has 0 aromatic carbocycles. The minimum atomic E-state index is 0.0357. The first-order valence-electron chi connectivity index (χ1n) is 6.82. The first-order valence-corrected chi connectivity index (χ1v) is 7.63. The smallest absolute Gasteiger partial charge is 0.266 e. The molecule has 106 valence electrons. The molecule has 0 aliphatic carbocycles. The first-order chi connectivity index (χ1) is 9.68. The van der Waals surface area contributed by atoms with E-state index in [4.69, 9.17) is 5.73 Å². The highest BCUT2D eigenvalue weighted by atomic mass is 32.1. The molecule has 1 saturated heterocycles. The molecule has 2 aromatic heterocycles. The Morgan fingerprint density at radius 3 is 3.10 bits per heavy atom. The number of rotatable bonds is 1. The van der Waals surface area contributed by atoms with Crippen LogP contribution in [0, 0.1) is 6.92 Å². The summed E-state index contributed by atoms with van der Waals surface area (Å²) in [7, 11) is 0. The van der Waals surface area contributed by atoms with Crippen LogP contribution in [0.3, 0.4) is 0 Å². The van der Waals surface area contributed by atoms with Crippen molar-refractivity contribution in [3.8, 4) is 0 Å². The number of pyridine rings is 1. The monoisotopic (exact) mass is 290 g/mol. The Morgan fingerprint density at radius 1 is 1.45 bits per heavy atom. The van der Waals surface area contributed by atoms with E-state index in [9.17, 15) is 4.79 Å². The minimum absolute atomic E-state index is 0.0357. The molecule has 0 radical (unpaired) electrons. The molecule has 1 fully saturated rings. The number of nitrogens with zero attached hydrogens (tertiary/aromatic N) is 2. The Bertz CT molecular complexity index is 644. The molecule has 6 heteroatoms. The van der Waals surface area contributed by atoms with Gasteiger partial charge in [0.1, 0.15) is 9.71 Å². The van der Waals surface area contributed by atoms with Gasteiger partial charge in [-0.15, -0.1) is 11.3 Å². The number of anilines is 1. The van der Waals surface area contributed by atoms with Crippen LogP contribution in [0.4, 0.5) is 5.69 Å². The zero-order chi connectivity index (χ0) is 14.1. The van der Waals surface area contributed by atoms with E-state index in [-0.39, 0.29) is 5.91 Å². The number of hydrogen-bond donors (Lipinski definition) is 2. The van der Waals surface area contributed by atoms with Crippen molar-refractivity contribution in [2.24, 2.45) is 0 Å². The molecule has 1 aliphatic rings. The van der Waals surface area contributed by atoms with Crippen LogP contribution in [0.15, 0.2) is 12.3 Å². The van der Waals surface area contributed by atoms with E-state index in [1.54, 1.807) is 6.20 Å². The molecular weight excluding hydrogens is 272 g/mol. The third-order valence-corrected chi connectivity index (χ3v) is 4.76. The van der Waals surface area contributed by atoms with Gasteiger partial charge in [0, 0.05) is 31.2 Å². The van der Waals surface area contributed by atoms with Gasteiger partial charge in [0.15, 0.2) is 0 Å². The van der Waals surface area contributed by atoms with Gasteiger partial charge < -0.3 is 16.0 Å². The van der Waals surface area contributed by atoms with Gasteiger partial charge in [-0.05, 0) is 31.5 Å². The molecule has 0 unspecified atom stereocenters. The van der Waals surface area contributed by atoms with Gasteiger partial charge in [-0.2, -0.15) is 0 Å². The number of aryl methyl sites for hydroxylation is 1. The summed E-state index contributed by atoms with van der Waals surface area (Å²) in [6.45, 7) is 5.32. The van der Waals surface area contributed by atoms with Crippen LogP contribution >= 0.6 is 11.3 Å². The molecule has 0 bridgehead atoms. The van der Waals surface area contributed by atoms with Crippen LogP contribution in [0.1, 0.15) is 21.7 Å². The van der Waals surface area contributed by atoms with Crippen molar-refractivity contribution in [3.63, 3.8) is 0 Å². The van der Waals surface area contributed by atoms with Gasteiger partial charge in [-0.1, -0.05) is 0 Å². The lowest BCUT2D eigenvalue weighted by atomic mass is 10.1. The third kappa shape index (κ3) is 2.25. The third-order valence-electron chi connectivity index (χ3n) is 3.66. The fourth-order valence-electron chi connectivity index (χ4n) is 2.55. The Hall–Kier alpha value is -1.66. The Balaban J connectivity index is 1.99. The van der Waals surface area contributed by atoms with Gasteiger partial charge >= 0.3 is 0 Å². The van der Waals surface area contributed by atoms with Gasteiger partial charge in [-0.25, -0.2) is 4.98 Å². The number of nitrogens with two attached hydrogens (primary N) is 1. The lowest BCUT2D eigenvalue weighted by Crippen LogP contribution is -2.34. The molecule has 20 heavy (non-hydrogen) atoms. The summed E-state index contributed by atoms with van der Waals surface area (Å²) >= 11 is 1.40. The Labute approximate surface area is 121 Å². The number of aromatic nitrogens is 1. The van der Waals surface area contributed by atoms with Crippen LogP contribution in [0.5, 0.6) is 0 Å². The zero-order valence-corrected chi connectivity index (χ0v) is 12.3. The highest BCUT2D eigenvalue weighted by molar-refractivity contribution is 7.21. The SMILES string of the molecule is Cc1ccnc2sc(C(=O)N3CCCNCC3)c(N)c12. The normalized spacial score (nSPS) is 16.4. The van der Waals surface area contributed by atoms with Crippen LogP contribution in [0.25, 0.3) is 10.2 Å². The van der Waals surface area contributed by atoms with E-state index >= 15 is 0 Å². The number of amides is 1. The lowest BCUT2D eigenvalue weighted by molar-refractivity contribution is 0.0772. The largest absolute Gasteiger partial charge is 0.397 e. The topological polar surface area (TPSA) is 71.2 Å². The minimum Gasteiger partial charge on any atom is -0.397 e. The number of nitrogen functional groups attached to an aromatic ring is 1. The lowest BCUT2D eigenvalue weighted by Gasteiger charge is -2.19. The summed E-state index contributed by atoms with van der Waals surface area (Å²) in [6.07, 6.45) is 2.74. The second kappa shape index (κ2) is 5.38. The number of carbonyl (C=O) groups is 1. The molecule has 3 N–H and O–H groups in total. The summed E-state index contributed by atoms with van der Waals surface area (Å²) in [4.78, 5) is 20.3. The number of carbonyl (C=O) groups excluding carboxylic acids is 1. The molecule has 0 saturated carbocycles. The Kier molecular flexibility index (Phi) is 3.58. The number of hydrogen-bond acceptors (Lipinski definition) is 5. The van der Waals surface area contributed by atoms with Gasteiger partial charge in [0.05, 0.1) is 5.69 Å². The molecular formula is C14H18N4OS. The average molecular weight is 290 g/mol. The predicted octanol–water partition coefficient (Wildman–Crippen LogP) is 1.62. The van der Waals surface area contributed by atoms with Crippen molar-refractivity contribution < 1.29 is 4.79 Å². The standard InChI is InChI=1S/C14H18N4OS/c1-9-3-5-17-13-10(9)11(15)12(20-13)14(19)18-7-2-4-16-6-8-18/h3,5,16H,2,4,6-8,15H2,1H3. The van der Waals surface area contributed by atoms with E-state index in [1.807, 2.05) is 17.9 Å². The van der Waals surface area contributed by atoms with E-state index in [2.05, 4.69) is 10.3 Å². The predicted molar refractivity (Wildman–Crippen MR) is 82.2 cm³/mol. The van der Waals surface area contributed by atoms with E-state index in [1.165, 1.54) is 11.3 Å². The number of nitrogens with one attached hydrogen (secondary N) is 1. The van der Waals surface area contributed by atoms with Crippen molar-refractivity contribution in [3.05, 3.63) is 22.7 Å². The fraction of sp³-hybridized carbons (Fsp3) is 0.429. The van der Waals surface area contributed by atoms with Crippen molar-refractivity contribution in [1.29, 1.82) is 0 Å². The van der Waals surface area contributed by atoms with E-state index in [0.29, 0.717) is 10.6 Å². The van der Waals surface area contributed by atoms with Crippen molar-refractivity contribution in [2.45, 2.75) is 13.3 Å². The van der Waals surface area contributed by atoms with Crippen LogP contribution in [0.2, 0.25) is 0 Å². The zero-order valence-electron chi connectivity index (χ0n) is 11.5. The fourth-order valence-corrected chi connectivity index (χ4v) is 3.66. The molecule has 3 rings (SSSR count).